The summed E-state index contributed by atoms with van der Waals surface area (Å²) in [4.78, 5) is 29.6. The van der Waals surface area contributed by atoms with Crippen molar-refractivity contribution in [2.45, 2.75) is 32.7 Å². The number of aryl methyl sites for hydroxylation is 1. The zero-order chi connectivity index (χ0) is 19.5. The molecule has 2 heterocycles. The van der Waals surface area contributed by atoms with Gasteiger partial charge in [0.1, 0.15) is 11.2 Å². The summed E-state index contributed by atoms with van der Waals surface area (Å²) in [6.07, 6.45) is 4.81. The molecule has 0 spiro atoms. The van der Waals surface area contributed by atoms with Gasteiger partial charge in [0.2, 0.25) is 5.91 Å². The van der Waals surface area contributed by atoms with E-state index in [2.05, 4.69) is 17.2 Å². The minimum atomic E-state index is -0.245. The van der Waals surface area contributed by atoms with Crippen LogP contribution in [0.3, 0.4) is 0 Å². The molecule has 0 saturated heterocycles. The van der Waals surface area contributed by atoms with Crippen LogP contribution in [0.4, 0.5) is 5.69 Å². The number of unbranched alkanes of at least 4 members (excludes halogenated alkanes) is 1. The summed E-state index contributed by atoms with van der Waals surface area (Å²) in [6.45, 7) is 2.11. The average molecular weight is 391 g/mol. The van der Waals surface area contributed by atoms with Gasteiger partial charge in [-0.1, -0.05) is 43.7 Å². The predicted molar refractivity (Wildman–Crippen MR) is 115 cm³/mol. The number of benzene rings is 2. The molecule has 0 unspecified atom stereocenters. The largest absolute Gasteiger partial charge is 0.325 e. The number of aromatic nitrogens is 2. The van der Waals surface area contributed by atoms with Crippen molar-refractivity contribution in [1.29, 1.82) is 0 Å². The first kappa shape index (κ1) is 18.4. The second-order valence-electron chi connectivity index (χ2n) is 6.80. The molecule has 2 aromatic heterocycles. The molecule has 0 radical (unpaired) electrons. The minimum Gasteiger partial charge on any atom is -0.325 e. The third kappa shape index (κ3) is 3.68. The fourth-order valence-corrected chi connectivity index (χ4v) is 4.32. The van der Waals surface area contributed by atoms with Crippen LogP contribution in [0.25, 0.3) is 20.3 Å². The zero-order valence-electron chi connectivity index (χ0n) is 15.6. The maximum Gasteiger partial charge on any atom is 0.271 e. The standard InChI is InChI=1S/C22H21N3O2S/c1-2-3-6-15-9-11-16(12-10-15)24-19(26)13-25-14-23-20-17-7-4-5-8-18(17)28-21(20)22(25)27/h4-5,7-12,14H,2-3,6,13H2,1H3,(H,24,26). The molecule has 0 aliphatic carbocycles. The van der Waals surface area contributed by atoms with Gasteiger partial charge in [0.05, 0.1) is 11.8 Å². The summed E-state index contributed by atoms with van der Waals surface area (Å²) in [5.41, 5.74) is 2.51. The van der Waals surface area contributed by atoms with Gasteiger partial charge < -0.3 is 5.32 Å². The first-order valence-electron chi connectivity index (χ1n) is 9.41. The minimum absolute atomic E-state index is 0.0619. The van der Waals surface area contributed by atoms with E-state index in [0.717, 1.165) is 35.0 Å². The van der Waals surface area contributed by atoms with Crippen LogP contribution in [0.2, 0.25) is 0 Å². The second kappa shape index (κ2) is 7.94. The summed E-state index contributed by atoms with van der Waals surface area (Å²) in [5.74, 6) is -0.245. The highest BCUT2D eigenvalue weighted by molar-refractivity contribution is 7.25. The number of hydrogen-bond acceptors (Lipinski definition) is 4. The molecular weight excluding hydrogens is 370 g/mol. The lowest BCUT2D eigenvalue weighted by molar-refractivity contribution is -0.116. The quantitative estimate of drug-likeness (QED) is 0.523. The number of thiophene rings is 1. The van der Waals surface area contributed by atoms with Crippen LogP contribution in [-0.2, 0) is 17.8 Å². The van der Waals surface area contributed by atoms with Gasteiger partial charge in [-0.05, 0) is 36.6 Å². The van der Waals surface area contributed by atoms with E-state index in [1.807, 2.05) is 48.5 Å². The van der Waals surface area contributed by atoms with Gasteiger partial charge in [-0.15, -0.1) is 11.3 Å². The Morgan fingerprint density at radius 1 is 1.14 bits per heavy atom. The molecule has 4 aromatic rings. The maximum atomic E-state index is 12.8. The summed E-state index contributed by atoms with van der Waals surface area (Å²) < 4.78 is 2.96. The lowest BCUT2D eigenvalue weighted by Gasteiger charge is -2.08. The zero-order valence-corrected chi connectivity index (χ0v) is 16.5. The highest BCUT2D eigenvalue weighted by Crippen LogP contribution is 2.29. The number of rotatable bonds is 6. The summed E-state index contributed by atoms with van der Waals surface area (Å²) in [7, 11) is 0. The van der Waals surface area contributed by atoms with Crippen LogP contribution >= 0.6 is 11.3 Å². The summed E-state index contributed by atoms with van der Waals surface area (Å²) in [6, 6.07) is 15.7. The summed E-state index contributed by atoms with van der Waals surface area (Å²) in [5, 5.41) is 3.82. The third-order valence-electron chi connectivity index (χ3n) is 4.72. The molecule has 0 bridgehead atoms. The lowest BCUT2D eigenvalue weighted by atomic mass is 10.1. The molecule has 6 heteroatoms. The normalized spacial score (nSPS) is 11.2. The van der Waals surface area contributed by atoms with Crippen LogP contribution in [-0.4, -0.2) is 15.5 Å². The van der Waals surface area contributed by atoms with Crippen molar-refractivity contribution < 1.29 is 4.79 Å². The van der Waals surface area contributed by atoms with Crippen molar-refractivity contribution in [2.75, 3.05) is 5.32 Å². The molecular formula is C22H21N3O2S. The Morgan fingerprint density at radius 2 is 1.93 bits per heavy atom. The molecule has 142 valence electrons. The van der Waals surface area contributed by atoms with Crippen molar-refractivity contribution in [1.82, 2.24) is 9.55 Å². The van der Waals surface area contributed by atoms with Crippen LogP contribution in [0.5, 0.6) is 0 Å². The van der Waals surface area contributed by atoms with Gasteiger partial charge in [0.15, 0.2) is 0 Å². The lowest BCUT2D eigenvalue weighted by Crippen LogP contribution is -2.27. The number of fused-ring (bicyclic) bond motifs is 3. The van der Waals surface area contributed by atoms with Gasteiger partial charge in [-0.2, -0.15) is 0 Å². The van der Waals surface area contributed by atoms with Crippen molar-refractivity contribution in [3.05, 3.63) is 70.8 Å². The predicted octanol–water partition coefficient (Wildman–Crippen LogP) is 4.59. The SMILES string of the molecule is CCCCc1ccc(NC(=O)Cn2cnc3c(sc4ccccc43)c2=O)cc1. The van der Waals surface area contributed by atoms with Crippen LogP contribution in [0, 0.1) is 0 Å². The highest BCUT2D eigenvalue weighted by atomic mass is 32.1. The molecule has 0 fully saturated rings. The van der Waals surface area contributed by atoms with E-state index in [9.17, 15) is 9.59 Å². The van der Waals surface area contributed by atoms with E-state index in [1.165, 1.54) is 27.8 Å². The number of nitrogens with one attached hydrogen (secondary N) is 1. The van der Waals surface area contributed by atoms with E-state index in [0.29, 0.717) is 10.2 Å². The van der Waals surface area contributed by atoms with E-state index in [4.69, 9.17) is 0 Å². The van der Waals surface area contributed by atoms with Crippen molar-refractivity contribution in [3.8, 4) is 0 Å². The Kier molecular flexibility index (Phi) is 5.21. The first-order valence-corrected chi connectivity index (χ1v) is 10.2. The van der Waals surface area contributed by atoms with E-state index in [1.54, 1.807) is 0 Å². The van der Waals surface area contributed by atoms with Crippen molar-refractivity contribution >= 4 is 43.2 Å². The number of nitrogens with zero attached hydrogens (tertiary/aromatic N) is 2. The highest BCUT2D eigenvalue weighted by Gasteiger charge is 2.13. The van der Waals surface area contributed by atoms with Gasteiger partial charge in [0, 0.05) is 15.8 Å². The van der Waals surface area contributed by atoms with Crippen LogP contribution in [0.15, 0.2) is 59.7 Å². The van der Waals surface area contributed by atoms with Gasteiger partial charge >= 0.3 is 0 Å². The smallest absolute Gasteiger partial charge is 0.271 e. The molecule has 0 aliphatic heterocycles. The first-order chi connectivity index (χ1) is 13.7. The Bertz CT molecular complexity index is 1190. The van der Waals surface area contributed by atoms with Gasteiger partial charge in [0.25, 0.3) is 5.56 Å². The topological polar surface area (TPSA) is 64.0 Å². The van der Waals surface area contributed by atoms with Gasteiger partial charge in [-0.25, -0.2) is 4.98 Å². The molecule has 5 nitrogen and oxygen atoms in total. The molecule has 1 amide bonds. The maximum absolute atomic E-state index is 12.8. The molecule has 1 N–H and O–H groups in total. The Hall–Kier alpha value is -2.99. The van der Waals surface area contributed by atoms with Crippen molar-refractivity contribution in [3.63, 3.8) is 0 Å². The Labute approximate surface area is 166 Å². The molecule has 0 atom stereocenters. The van der Waals surface area contributed by atoms with Crippen LogP contribution < -0.4 is 10.9 Å². The second-order valence-corrected chi connectivity index (χ2v) is 7.85. The van der Waals surface area contributed by atoms with Gasteiger partial charge in [-0.3, -0.25) is 14.2 Å². The number of carbonyl (C=O) groups is 1. The Balaban J connectivity index is 1.51. The fraction of sp³-hybridized carbons (Fsp3) is 0.227. The molecule has 4 rings (SSSR count). The Morgan fingerprint density at radius 3 is 2.71 bits per heavy atom. The number of anilines is 1. The molecule has 2 aromatic carbocycles. The third-order valence-corrected chi connectivity index (χ3v) is 5.87. The number of hydrogen-bond donors (Lipinski definition) is 1. The summed E-state index contributed by atoms with van der Waals surface area (Å²) >= 11 is 1.41. The monoisotopic (exact) mass is 391 g/mol. The number of amides is 1. The van der Waals surface area contributed by atoms with E-state index in [-0.39, 0.29) is 18.0 Å². The molecule has 0 saturated carbocycles. The fourth-order valence-electron chi connectivity index (χ4n) is 3.22. The average Bonchev–Trinajstić information content (AvgIpc) is 3.09. The molecule has 28 heavy (non-hydrogen) atoms. The molecule has 0 aliphatic rings. The van der Waals surface area contributed by atoms with E-state index < -0.39 is 0 Å². The van der Waals surface area contributed by atoms with Crippen molar-refractivity contribution in [2.24, 2.45) is 0 Å². The van der Waals surface area contributed by atoms with Crippen LogP contribution in [0.1, 0.15) is 25.3 Å². The van der Waals surface area contributed by atoms with E-state index >= 15 is 0 Å². The number of carbonyl (C=O) groups excluding carboxylic acids is 1.